The molecule has 0 bridgehead atoms. The minimum atomic E-state index is -4.09. The Morgan fingerprint density at radius 3 is 2.35 bits per heavy atom. The van der Waals surface area contributed by atoms with Crippen molar-refractivity contribution in [1.29, 1.82) is 0 Å². The average Bonchev–Trinajstić information content (AvgIpc) is 2.80. The summed E-state index contributed by atoms with van der Waals surface area (Å²) in [5.74, 6) is -1.45. The number of amides is 1. The van der Waals surface area contributed by atoms with Gasteiger partial charge in [-0.05, 0) is 77.4 Å². The number of aliphatic carboxylic acids is 1. The first-order chi connectivity index (χ1) is 16.2. The highest BCUT2D eigenvalue weighted by Crippen LogP contribution is 2.17. The highest BCUT2D eigenvalue weighted by atomic mass is 127. The van der Waals surface area contributed by atoms with E-state index >= 15 is 0 Å². The number of nitrogens with zero attached hydrogens (tertiary/aromatic N) is 1. The fourth-order valence-corrected chi connectivity index (χ4v) is 5.65. The van der Waals surface area contributed by atoms with Crippen LogP contribution >= 0.6 is 22.6 Å². The van der Waals surface area contributed by atoms with Crippen LogP contribution in [0.25, 0.3) is 0 Å². The van der Waals surface area contributed by atoms with Crippen LogP contribution in [0.2, 0.25) is 0 Å². The number of sulfonamides is 1. The number of pyridine rings is 1. The van der Waals surface area contributed by atoms with Gasteiger partial charge in [-0.1, -0.05) is 30.3 Å². The van der Waals surface area contributed by atoms with Crippen LogP contribution < -0.4 is 15.8 Å². The first-order valence-corrected chi connectivity index (χ1v) is 12.8. The van der Waals surface area contributed by atoms with Gasteiger partial charge in [0.25, 0.3) is 5.91 Å². The quantitative estimate of drug-likeness (QED) is 0.263. The van der Waals surface area contributed by atoms with Gasteiger partial charge in [-0.2, -0.15) is 4.72 Å². The van der Waals surface area contributed by atoms with Crippen LogP contribution in [0.5, 0.6) is 0 Å². The number of carbonyl (C=O) groups is 2. The molecule has 3 rings (SSSR count). The number of benzene rings is 2. The number of hydrogen-bond donors (Lipinski definition) is 4. The van der Waals surface area contributed by atoms with Crippen LogP contribution in [0.15, 0.2) is 71.6 Å². The van der Waals surface area contributed by atoms with E-state index in [4.69, 9.17) is 5.73 Å². The zero-order valence-electron chi connectivity index (χ0n) is 17.9. The monoisotopic (exact) mass is 594 g/mol. The minimum Gasteiger partial charge on any atom is -0.480 e. The standard InChI is InChI=1S/C23H23IN4O5S/c24-18-5-1-2-6-20(18)34(32,33)28-19(23(30)31)14-26-22(29)16-11-8-15(9-12-16)10-13-17-4-3-7-21(25)27-17/h1-9,11-12,19,28H,10,13-14H2,(H2,25,27)(H,26,29)(H,30,31)/t19-/m0/s1. The molecule has 0 saturated carbocycles. The molecule has 11 heteroatoms. The van der Waals surface area contributed by atoms with E-state index in [1.54, 1.807) is 48.5 Å². The van der Waals surface area contributed by atoms with E-state index in [1.165, 1.54) is 6.07 Å². The summed E-state index contributed by atoms with van der Waals surface area (Å²) in [6.07, 6.45) is 1.40. The first-order valence-electron chi connectivity index (χ1n) is 10.2. The van der Waals surface area contributed by atoms with Gasteiger partial charge in [0.2, 0.25) is 10.0 Å². The Morgan fingerprint density at radius 1 is 1.00 bits per heavy atom. The lowest BCUT2D eigenvalue weighted by Crippen LogP contribution is -2.48. The molecule has 0 saturated heterocycles. The van der Waals surface area contributed by atoms with Crippen LogP contribution in [0, 0.1) is 3.57 Å². The molecule has 0 aliphatic rings. The maximum Gasteiger partial charge on any atom is 0.323 e. The van der Waals surface area contributed by atoms with E-state index in [0.717, 1.165) is 11.3 Å². The van der Waals surface area contributed by atoms with Crippen molar-refractivity contribution in [2.24, 2.45) is 0 Å². The van der Waals surface area contributed by atoms with Crippen molar-refractivity contribution in [3.63, 3.8) is 0 Å². The van der Waals surface area contributed by atoms with Crippen molar-refractivity contribution in [1.82, 2.24) is 15.0 Å². The number of nitrogens with two attached hydrogens (primary N) is 1. The van der Waals surface area contributed by atoms with Crippen LogP contribution in [0.1, 0.15) is 21.6 Å². The molecular weight excluding hydrogens is 571 g/mol. The summed E-state index contributed by atoms with van der Waals surface area (Å²) < 4.78 is 27.8. The summed E-state index contributed by atoms with van der Waals surface area (Å²) >= 11 is 1.86. The molecular formula is C23H23IN4O5S. The molecule has 1 aromatic heterocycles. The summed E-state index contributed by atoms with van der Waals surface area (Å²) in [5.41, 5.74) is 7.88. The predicted molar refractivity (Wildman–Crippen MR) is 136 cm³/mol. The third kappa shape index (κ3) is 6.98. The lowest BCUT2D eigenvalue weighted by Gasteiger charge is -2.16. The molecule has 34 heavy (non-hydrogen) atoms. The number of aryl methyl sites for hydroxylation is 2. The lowest BCUT2D eigenvalue weighted by atomic mass is 10.1. The second-order valence-corrected chi connectivity index (χ2v) is 10.2. The average molecular weight is 594 g/mol. The summed E-state index contributed by atoms with van der Waals surface area (Å²) in [6, 6.07) is 17.0. The minimum absolute atomic E-state index is 0.0304. The number of rotatable bonds is 10. The van der Waals surface area contributed by atoms with Crippen molar-refractivity contribution in [3.8, 4) is 0 Å². The number of carbonyl (C=O) groups excluding carboxylic acids is 1. The number of carboxylic acid groups (broad SMARTS) is 1. The third-order valence-electron chi connectivity index (χ3n) is 4.90. The zero-order chi connectivity index (χ0) is 24.7. The molecule has 0 fully saturated rings. The van der Waals surface area contributed by atoms with E-state index in [1.807, 2.05) is 34.7 Å². The summed E-state index contributed by atoms with van der Waals surface area (Å²) in [5, 5.41) is 11.9. The van der Waals surface area contributed by atoms with Crippen molar-refractivity contribution >= 4 is 50.3 Å². The van der Waals surface area contributed by atoms with Crippen molar-refractivity contribution in [3.05, 3.63) is 87.1 Å². The molecule has 3 aromatic rings. The van der Waals surface area contributed by atoms with E-state index < -0.39 is 34.5 Å². The van der Waals surface area contributed by atoms with Gasteiger partial charge in [0, 0.05) is 21.4 Å². The molecule has 0 aliphatic carbocycles. The number of halogens is 1. The smallest absolute Gasteiger partial charge is 0.323 e. The van der Waals surface area contributed by atoms with Crippen molar-refractivity contribution in [2.45, 2.75) is 23.8 Å². The molecule has 9 nitrogen and oxygen atoms in total. The maximum absolute atomic E-state index is 12.6. The topological polar surface area (TPSA) is 151 Å². The Hall–Kier alpha value is -3.03. The summed E-state index contributed by atoms with van der Waals surface area (Å²) in [7, 11) is -4.09. The lowest BCUT2D eigenvalue weighted by molar-refractivity contribution is -0.138. The fourth-order valence-electron chi connectivity index (χ4n) is 3.12. The molecule has 2 aromatic carbocycles. The van der Waals surface area contributed by atoms with Gasteiger partial charge >= 0.3 is 5.97 Å². The van der Waals surface area contributed by atoms with Crippen LogP contribution in [-0.2, 0) is 27.7 Å². The Kier molecular flexibility index (Phi) is 8.58. The van der Waals surface area contributed by atoms with Gasteiger partial charge in [0.05, 0.1) is 4.90 Å². The first kappa shape index (κ1) is 25.6. The Bertz CT molecular complexity index is 1280. The van der Waals surface area contributed by atoms with Gasteiger partial charge in [-0.25, -0.2) is 13.4 Å². The van der Waals surface area contributed by atoms with Crippen LogP contribution in [-0.4, -0.2) is 43.0 Å². The van der Waals surface area contributed by atoms with Gasteiger partial charge in [0.15, 0.2) is 0 Å². The molecule has 0 radical (unpaired) electrons. The second-order valence-electron chi connectivity index (χ2n) is 7.40. The molecule has 1 atom stereocenters. The molecule has 0 unspecified atom stereocenters. The molecule has 0 aliphatic heterocycles. The van der Waals surface area contributed by atoms with Crippen molar-refractivity contribution in [2.75, 3.05) is 12.3 Å². The number of carboxylic acids is 1. The van der Waals surface area contributed by atoms with E-state index in [2.05, 4.69) is 15.0 Å². The number of nitrogen functional groups attached to an aromatic ring is 1. The highest BCUT2D eigenvalue weighted by Gasteiger charge is 2.27. The second kappa shape index (κ2) is 11.4. The highest BCUT2D eigenvalue weighted by molar-refractivity contribution is 14.1. The SMILES string of the molecule is Nc1cccc(CCc2ccc(C(=O)NC[C@H](NS(=O)(=O)c3ccccc3I)C(=O)O)cc2)n1. The summed E-state index contributed by atoms with van der Waals surface area (Å²) in [6.45, 7) is -0.417. The molecule has 5 N–H and O–H groups in total. The van der Waals surface area contributed by atoms with Crippen LogP contribution in [0.4, 0.5) is 5.82 Å². The molecule has 1 amide bonds. The number of nitrogens with one attached hydrogen (secondary N) is 2. The normalized spacial score (nSPS) is 12.1. The molecule has 178 valence electrons. The number of aromatic nitrogens is 1. The number of anilines is 1. The fraction of sp³-hybridized carbons (Fsp3) is 0.174. The van der Waals surface area contributed by atoms with E-state index in [-0.39, 0.29) is 4.90 Å². The van der Waals surface area contributed by atoms with Crippen LogP contribution in [0.3, 0.4) is 0 Å². The zero-order valence-corrected chi connectivity index (χ0v) is 20.9. The third-order valence-corrected chi connectivity index (χ3v) is 7.74. The Labute approximate surface area is 211 Å². The van der Waals surface area contributed by atoms with Gasteiger partial charge in [-0.3, -0.25) is 9.59 Å². The van der Waals surface area contributed by atoms with Gasteiger partial charge in [0.1, 0.15) is 11.9 Å². The molecule has 1 heterocycles. The predicted octanol–water partition coefficient (Wildman–Crippen LogP) is 2.22. The summed E-state index contributed by atoms with van der Waals surface area (Å²) in [4.78, 5) is 28.3. The Morgan fingerprint density at radius 2 is 1.71 bits per heavy atom. The number of hydrogen-bond acceptors (Lipinski definition) is 6. The van der Waals surface area contributed by atoms with E-state index in [0.29, 0.717) is 27.8 Å². The largest absolute Gasteiger partial charge is 0.480 e. The van der Waals surface area contributed by atoms with Gasteiger partial charge < -0.3 is 16.2 Å². The van der Waals surface area contributed by atoms with Crippen molar-refractivity contribution < 1.29 is 23.1 Å². The van der Waals surface area contributed by atoms with Gasteiger partial charge in [-0.15, -0.1) is 0 Å². The van der Waals surface area contributed by atoms with E-state index in [9.17, 15) is 23.1 Å². The maximum atomic E-state index is 12.6. The Balaban J connectivity index is 1.58. The molecule has 0 spiro atoms.